The Morgan fingerprint density at radius 3 is 2.63 bits per heavy atom. The van der Waals surface area contributed by atoms with Crippen LogP contribution in [0.2, 0.25) is 0 Å². The number of thiophene rings is 1. The van der Waals surface area contributed by atoms with Gasteiger partial charge in [0.05, 0.1) is 0 Å². The Bertz CT molecular complexity index is 840. The van der Waals surface area contributed by atoms with Gasteiger partial charge in [0.15, 0.2) is 0 Å². The van der Waals surface area contributed by atoms with Gasteiger partial charge in [-0.05, 0) is 17.5 Å². The first kappa shape index (κ1) is 10.8. The average molecular weight is 264 g/mol. The van der Waals surface area contributed by atoms with E-state index in [9.17, 15) is 0 Å². The minimum absolute atomic E-state index is 0.939. The highest BCUT2D eigenvalue weighted by atomic mass is 32.1. The summed E-state index contributed by atoms with van der Waals surface area (Å²) in [4.78, 5) is 1.37. The fourth-order valence-electron chi connectivity index (χ4n) is 2.55. The summed E-state index contributed by atoms with van der Waals surface area (Å²) in [7, 11) is 0. The van der Waals surface area contributed by atoms with Crippen LogP contribution in [-0.4, -0.2) is 0 Å². The molecule has 92 valence electrons. The highest BCUT2D eigenvalue weighted by Gasteiger charge is 2.10. The topological polar surface area (TPSA) is 13.1 Å². The summed E-state index contributed by atoms with van der Waals surface area (Å²) in [6.45, 7) is 0. The SMILES string of the molecule is c1csc(Cc2cccc3c2oc2ccccc23)c1. The Hall–Kier alpha value is -2.06. The van der Waals surface area contributed by atoms with Crippen LogP contribution in [0.1, 0.15) is 10.4 Å². The lowest BCUT2D eigenvalue weighted by Crippen LogP contribution is -1.84. The Morgan fingerprint density at radius 1 is 0.842 bits per heavy atom. The molecular weight excluding hydrogens is 252 g/mol. The lowest BCUT2D eigenvalue weighted by molar-refractivity contribution is 0.664. The third-order valence-corrected chi connectivity index (χ3v) is 4.31. The van der Waals surface area contributed by atoms with Crippen molar-refractivity contribution in [3.63, 3.8) is 0 Å². The second-order valence-corrected chi connectivity index (χ2v) is 5.68. The van der Waals surface area contributed by atoms with Gasteiger partial charge in [0.2, 0.25) is 0 Å². The molecule has 0 radical (unpaired) electrons. The van der Waals surface area contributed by atoms with E-state index in [1.807, 2.05) is 12.1 Å². The van der Waals surface area contributed by atoms with Crippen LogP contribution in [0, 0.1) is 0 Å². The Labute approximate surface area is 115 Å². The van der Waals surface area contributed by atoms with Crippen molar-refractivity contribution < 1.29 is 4.42 Å². The van der Waals surface area contributed by atoms with E-state index in [0.29, 0.717) is 0 Å². The van der Waals surface area contributed by atoms with Crippen molar-refractivity contribution in [1.82, 2.24) is 0 Å². The minimum atomic E-state index is 0.939. The van der Waals surface area contributed by atoms with E-state index in [1.165, 1.54) is 21.2 Å². The molecule has 2 aromatic heterocycles. The molecule has 4 rings (SSSR count). The predicted molar refractivity (Wildman–Crippen MR) is 80.8 cm³/mol. The maximum atomic E-state index is 6.04. The molecule has 0 unspecified atom stereocenters. The first-order valence-electron chi connectivity index (χ1n) is 6.33. The summed E-state index contributed by atoms with van der Waals surface area (Å²) in [5, 5.41) is 4.53. The molecule has 0 atom stereocenters. The third kappa shape index (κ3) is 1.76. The van der Waals surface area contributed by atoms with Gasteiger partial charge < -0.3 is 4.42 Å². The molecule has 1 nitrogen and oxygen atoms in total. The van der Waals surface area contributed by atoms with Crippen LogP contribution in [-0.2, 0) is 6.42 Å². The zero-order chi connectivity index (χ0) is 12.7. The lowest BCUT2D eigenvalue weighted by atomic mass is 10.1. The first-order chi connectivity index (χ1) is 9.42. The van der Waals surface area contributed by atoms with E-state index in [1.54, 1.807) is 11.3 Å². The molecule has 0 N–H and O–H groups in total. The highest BCUT2D eigenvalue weighted by molar-refractivity contribution is 7.09. The van der Waals surface area contributed by atoms with Crippen LogP contribution in [0.15, 0.2) is 64.4 Å². The predicted octanol–water partition coefficient (Wildman–Crippen LogP) is 5.24. The van der Waals surface area contributed by atoms with Crippen LogP contribution in [0.25, 0.3) is 21.9 Å². The summed E-state index contributed by atoms with van der Waals surface area (Å²) < 4.78 is 6.04. The summed E-state index contributed by atoms with van der Waals surface area (Å²) in [6.07, 6.45) is 0.939. The van der Waals surface area contributed by atoms with Gasteiger partial charge in [-0.2, -0.15) is 0 Å². The van der Waals surface area contributed by atoms with Crippen molar-refractivity contribution in [2.75, 3.05) is 0 Å². The van der Waals surface area contributed by atoms with Crippen LogP contribution in [0.3, 0.4) is 0 Å². The number of rotatable bonds is 2. The molecular formula is C17H12OS. The van der Waals surface area contributed by atoms with Gasteiger partial charge in [0, 0.05) is 27.6 Å². The average Bonchev–Trinajstić information content (AvgIpc) is 3.06. The minimum Gasteiger partial charge on any atom is -0.456 e. The fourth-order valence-corrected chi connectivity index (χ4v) is 3.27. The van der Waals surface area contributed by atoms with Gasteiger partial charge in [0.25, 0.3) is 0 Å². The van der Waals surface area contributed by atoms with E-state index < -0.39 is 0 Å². The number of fused-ring (bicyclic) bond motifs is 3. The Kier molecular flexibility index (Phi) is 2.42. The van der Waals surface area contributed by atoms with Gasteiger partial charge >= 0.3 is 0 Å². The Balaban J connectivity index is 1.96. The number of benzene rings is 2. The molecule has 19 heavy (non-hydrogen) atoms. The molecule has 0 bridgehead atoms. The van der Waals surface area contributed by atoms with E-state index >= 15 is 0 Å². The summed E-state index contributed by atoms with van der Waals surface area (Å²) in [5.41, 5.74) is 3.25. The van der Waals surface area contributed by atoms with Crippen molar-refractivity contribution in [2.24, 2.45) is 0 Å². The molecule has 2 aromatic carbocycles. The van der Waals surface area contributed by atoms with E-state index in [2.05, 4.69) is 47.8 Å². The van der Waals surface area contributed by atoms with Crippen molar-refractivity contribution in [3.8, 4) is 0 Å². The standard InChI is InChI=1S/C17H12OS/c1-2-9-16-14(7-1)15-8-3-5-12(17(15)18-16)11-13-6-4-10-19-13/h1-10H,11H2. The van der Waals surface area contributed by atoms with E-state index in [0.717, 1.165) is 17.6 Å². The number of hydrogen-bond donors (Lipinski definition) is 0. The Morgan fingerprint density at radius 2 is 1.74 bits per heavy atom. The smallest absolute Gasteiger partial charge is 0.138 e. The van der Waals surface area contributed by atoms with Crippen molar-refractivity contribution in [1.29, 1.82) is 0 Å². The maximum Gasteiger partial charge on any atom is 0.138 e. The van der Waals surface area contributed by atoms with Crippen LogP contribution in [0.5, 0.6) is 0 Å². The quantitative estimate of drug-likeness (QED) is 0.482. The first-order valence-corrected chi connectivity index (χ1v) is 7.21. The van der Waals surface area contributed by atoms with Gasteiger partial charge in [-0.25, -0.2) is 0 Å². The van der Waals surface area contributed by atoms with Crippen LogP contribution >= 0.6 is 11.3 Å². The molecule has 0 aliphatic heterocycles. The molecule has 4 aromatic rings. The van der Waals surface area contributed by atoms with Crippen molar-refractivity contribution in [3.05, 3.63) is 70.4 Å². The number of furan rings is 1. The monoisotopic (exact) mass is 264 g/mol. The molecule has 2 heterocycles. The molecule has 0 spiro atoms. The van der Waals surface area contributed by atoms with Gasteiger partial charge in [-0.1, -0.05) is 42.5 Å². The molecule has 0 amide bonds. The molecule has 0 aliphatic carbocycles. The zero-order valence-electron chi connectivity index (χ0n) is 10.3. The van der Waals surface area contributed by atoms with E-state index in [-0.39, 0.29) is 0 Å². The van der Waals surface area contributed by atoms with Gasteiger partial charge in [0.1, 0.15) is 11.2 Å². The zero-order valence-corrected chi connectivity index (χ0v) is 11.1. The maximum absolute atomic E-state index is 6.04. The summed E-state index contributed by atoms with van der Waals surface area (Å²) in [6, 6.07) is 18.9. The molecule has 0 fully saturated rings. The molecule has 0 saturated heterocycles. The largest absolute Gasteiger partial charge is 0.456 e. The number of hydrogen-bond acceptors (Lipinski definition) is 2. The second-order valence-electron chi connectivity index (χ2n) is 4.65. The molecule has 2 heteroatoms. The molecule has 0 saturated carbocycles. The van der Waals surface area contributed by atoms with E-state index in [4.69, 9.17) is 4.42 Å². The van der Waals surface area contributed by atoms with Crippen LogP contribution in [0.4, 0.5) is 0 Å². The third-order valence-electron chi connectivity index (χ3n) is 3.43. The van der Waals surface area contributed by atoms with Crippen molar-refractivity contribution >= 4 is 33.3 Å². The summed E-state index contributed by atoms with van der Waals surface area (Å²) in [5.74, 6) is 0. The lowest BCUT2D eigenvalue weighted by Gasteiger charge is -1.99. The number of para-hydroxylation sites is 2. The van der Waals surface area contributed by atoms with Crippen LogP contribution < -0.4 is 0 Å². The second kappa shape index (κ2) is 4.25. The van der Waals surface area contributed by atoms with Gasteiger partial charge in [-0.15, -0.1) is 11.3 Å². The summed E-state index contributed by atoms with van der Waals surface area (Å²) >= 11 is 1.79. The van der Waals surface area contributed by atoms with Crippen molar-refractivity contribution in [2.45, 2.75) is 6.42 Å². The fraction of sp³-hybridized carbons (Fsp3) is 0.0588. The molecule has 0 aliphatic rings. The highest BCUT2D eigenvalue weighted by Crippen LogP contribution is 2.32. The van der Waals surface area contributed by atoms with Gasteiger partial charge in [-0.3, -0.25) is 0 Å². The normalized spacial score (nSPS) is 11.4.